The summed E-state index contributed by atoms with van der Waals surface area (Å²) >= 11 is 1.90. The minimum Gasteiger partial charge on any atom is -0.300 e. The van der Waals surface area contributed by atoms with Crippen LogP contribution in [-0.2, 0) is 4.79 Å². The number of carbonyl (C=O) groups is 1. The van der Waals surface area contributed by atoms with E-state index < -0.39 is 0 Å². The molecule has 1 aliphatic heterocycles. The van der Waals surface area contributed by atoms with Crippen LogP contribution >= 0.6 is 11.9 Å². The third kappa shape index (κ3) is 5.59. The molecule has 124 valence electrons. The fraction of sp³-hybridized carbons (Fsp3) is 0.944. The lowest BCUT2D eigenvalue weighted by Crippen LogP contribution is -2.32. The van der Waals surface area contributed by atoms with Crippen molar-refractivity contribution in [2.75, 3.05) is 19.3 Å². The first-order chi connectivity index (χ1) is 9.76. The highest BCUT2D eigenvalue weighted by Gasteiger charge is 2.37. The zero-order chi connectivity index (χ0) is 16.2. The van der Waals surface area contributed by atoms with Crippen LogP contribution in [0.25, 0.3) is 0 Å². The van der Waals surface area contributed by atoms with Gasteiger partial charge in [-0.3, -0.25) is 4.31 Å². The lowest BCUT2D eigenvalue weighted by atomic mass is 9.71. The summed E-state index contributed by atoms with van der Waals surface area (Å²) < 4.78 is 2.57. The summed E-state index contributed by atoms with van der Waals surface area (Å²) in [6, 6.07) is 0. The van der Waals surface area contributed by atoms with Crippen molar-refractivity contribution < 1.29 is 4.79 Å². The van der Waals surface area contributed by atoms with E-state index in [9.17, 15) is 4.79 Å². The van der Waals surface area contributed by atoms with Gasteiger partial charge in [0.15, 0.2) is 0 Å². The Kier molecular flexibility index (Phi) is 7.77. The molecule has 1 heterocycles. The predicted octanol–water partition coefficient (Wildman–Crippen LogP) is 4.75. The number of hydrogen-bond acceptors (Lipinski definition) is 3. The smallest absolute Gasteiger partial charge is 0.130 e. The summed E-state index contributed by atoms with van der Waals surface area (Å²) in [6.07, 6.45) is 4.23. The van der Waals surface area contributed by atoms with Crippen molar-refractivity contribution in [3.8, 4) is 0 Å². The highest BCUT2D eigenvalue weighted by Crippen LogP contribution is 2.40. The van der Waals surface area contributed by atoms with Gasteiger partial charge in [0.2, 0.25) is 0 Å². The second-order valence-electron chi connectivity index (χ2n) is 7.72. The quantitative estimate of drug-likeness (QED) is 0.660. The molecule has 1 fully saturated rings. The third-order valence-electron chi connectivity index (χ3n) is 5.38. The van der Waals surface area contributed by atoms with Crippen LogP contribution in [0.1, 0.15) is 54.4 Å². The zero-order valence-corrected chi connectivity index (χ0v) is 15.9. The summed E-state index contributed by atoms with van der Waals surface area (Å²) in [5.41, 5.74) is 0. The van der Waals surface area contributed by atoms with Crippen LogP contribution in [0.3, 0.4) is 0 Å². The van der Waals surface area contributed by atoms with Crippen LogP contribution in [0.5, 0.6) is 0 Å². The molecule has 1 aliphatic rings. The molecule has 21 heavy (non-hydrogen) atoms. The molecule has 0 aromatic heterocycles. The molecule has 0 aliphatic carbocycles. The lowest BCUT2D eigenvalue weighted by molar-refractivity contribution is -0.118. The number of rotatable bonds is 6. The molecule has 4 atom stereocenters. The lowest BCUT2D eigenvalue weighted by Gasteiger charge is -2.35. The second-order valence-corrected chi connectivity index (χ2v) is 8.61. The van der Waals surface area contributed by atoms with Crippen LogP contribution in [0.2, 0.25) is 0 Å². The first kappa shape index (κ1) is 19.0. The van der Waals surface area contributed by atoms with Gasteiger partial charge in [-0.25, -0.2) is 0 Å². The van der Waals surface area contributed by atoms with Crippen molar-refractivity contribution in [3.63, 3.8) is 0 Å². The molecule has 0 aromatic carbocycles. The van der Waals surface area contributed by atoms with Crippen molar-refractivity contribution in [1.29, 1.82) is 0 Å². The van der Waals surface area contributed by atoms with Gasteiger partial charge in [-0.1, -0.05) is 46.6 Å². The number of nitrogens with zero attached hydrogens (tertiary/aromatic N) is 1. The highest BCUT2D eigenvalue weighted by molar-refractivity contribution is 7.96. The summed E-state index contributed by atoms with van der Waals surface area (Å²) in [5.74, 6) is 4.40. The normalized spacial score (nSPS) is 29.7. The minimum atomic E-state index is 0.345. The molecule has 0 N–H and O–H groups in total. The number of ketones is 1. The minimum absolute atomic E-state index is 0.345. The largest absolute Gasteiger partial charge is 0.300 e. The molecule has 0 bridgehead atoms. The molecule has 0 amide bonds. The van der Waals surface area contributed by atoms with E-state index in [1.807, 2.05) is 11.9 Å². The molecular weight excluding hydrogens is 278 g/mol. The Balaban J connectivity index is 2.98. The van der Waals surface area contributed by atoms with Crippen LogP contribution in [0.15, 0.2) is 0 Å². The van der Waals surface area contributed by atoms with Gasteiger partial charge in [-0.15, -0.1) is 0 Å². The molecule has 1 rings (SSSR count). The van der Waals surface area contributed by atoms with Gasteiger partial charge in [-0.2, -0.15) is 0 Å². The molecule has 1 saturated heterocycles. The average Bonchev–Trinajstić information content (AvgIpc) is 2.57. The van der Waals surface area contributed by atoms with E-state index in [2.05, 4.69) is 45.2 Å². The van der Waals surface area contributed by atoms with Gasteiger partial charge in [-0.05, 0) is 55.1 Å². The Bertz CT molecular complexity index is 329. The molecule has 3 heteroatoms. The van der Waals surface area contributed by atoms with Crippen LogP contribution in [-0.4, -0.2) is 29.4 Å². The van der Waals surface area contributed by atoms with Crippen molar-refractivity contribution in [2.45, 2.75) is 54.4 Å². The Morgan fingerprint density at radius 2 is 1.71 bits per heavy atom. The van der Waals surface area contributed by atoms with E-state index in [0.717, 1.165) is 18.3 Å². The zero-order valence-electron chi connectivity index (χ0n) is 15.1. The molecule has 0 saturated carbocycles. The van der Waals surface area contributed by atoms with Gasteiger partial charge in [0.1, 0.15) is 5.78 Å². The molecule has 4 unspecified atom stereocenters. The first-order valence-corrected chi connectivity index (χ1v) is 9.72. The van der Waals surface area contributed by atoms with Crippen molar-refractivity contribution >= 4 is 17.7 Å². The van der Waals surface area contributed by atoms with E-state index in [1.165, 1.54) is 19.5 Å². The molecule has 0 spiro atoms. The van der Waals surface area contributed by atoms with E-state index in [4.69, 9.17) is 0 Å². The number of carbonyl (C=O) groups excluding carboxylic acids is 1. The van der Waals surface area contributed by atoms with Crippen LogP contribution < -0.4 is 0 Å². The Morgan fingerprint density at radius 1 is 1.10 bits per heavy atom. The molecule has 2 nitrogen and oxygen atoms in total. The van der Waals surface area contributed by atoms with Gasteiger partial charge in [0.05, 0.1) is 0 Å². The predicted molar refractivity (Wildman–Crippen MR) is 94.3 cm³/mol. The van der Waals surface area contributed by atoms with Crippen LogP contribution in [0, 0.1) is 35.5 Å². The first-order valence-electron chi connectivity index (χ1n) is 8.54. The van der Waals surface area contributed by atoms with E-state index in [1.54, 1.807) is 6.92 Å². The fourth-order valence-corrected chi connectivity index (χ4v) is 4.56. The third-order valence-corrected chi connectivity index (χ3v) is 6.19. The maximum absolute atomic E-state index is 11.6. The maximum atomic E-state index is 11.6. The van der Waals surface area contributed by atoms with Gasteiger partial charge >= 0.3 is 0 Å². The van der Waals surface area contributed by atoms with E-state index in [-0.39, 0.29) is 0 Å². The van der Waals surface area contributed by atoms with Crippen molar-refractivity contribution in [1.82, 2.24) is 4.31 Å². The maximum Gasteiger partial charge on any atom is 0.130 e. The molecule has 0 radical (unpaired) electrons. The Morgan fingerprint density at radius 3 is 2.14 bits per heavy atom. The van der Waals surface area contributed by atoms with Gasteiger partial charge < -0.3 is 4.79 Å². The molecule has 0 aromatic rings. The summed E-state index contributed by atoms with van der Waals surface area (Å²) in [7, 11) is 0. The molecular formula is C18H35NOS. The average molecular weight is 314 g/mol. The highest BCUT2D eigenvalue weighted by atomic mass is 32.2. The summed E-state index contributed by atoms with van der Waals surface area (Å²) in [5, 5.41) is 0. The number of hydrogen-bond donors (Lipinski definition) is 0. The van der Waals surface area contributed by atoms with Crippen molar-refractivity contribution in [2.24, 2.45) is 35.5 Å². The van der Waals surface area contributed by atoms with E-state index in [0.29, 0.717) is 29.5 Å². The fourth-order valence-electron chi connectivity index (χ4n) is 3.90. The summed E-state index contributed by atoms with van der Waals surface area (Å²) in [6.45, 7) is 15.8. The number of Topliss-reactive ketones (excluding diaryl/α,β-unsaturated/α-hetero) is 1. The Labute approximate surface area is 136 Å². The monoisotopic (exact) mass is 313 g/mol. The Hall–Kier alpha value is -0.0200. The van der Waals surface area contributed by atoms with Crippen molar-refractivity contribution in [3.05, 3.63) is 0 Å². The summed E-state index contributed by atoms with van der Waals surface area (Å²) in [4.78, 5) is 11.6. The second kappa shape index (κ2) is 8.57. The standard InChI is InChI=1S/C18H35NOS/c1-12(2)16-9-17(14(5)8-15(6)20)18(13(3)4)11-19(10-16)21-7/h12-14,16-18H,8-11H2,1-7H3. The van der Waals surface area contributed by atoms with Crippen LogP contribution in [0.4, 0.5) is 0 Å². The topological polar surface area (TPSA) is 20.3 Å². The van der Waals surface area contributed by atoms with Gasteiger partial charge in [0.25, 0.3) is 0 Å². The van der Waals surface area contributed by atoms with E-state index >= 15 is 0 Å². The van der Waals surface area contributed by atoms with Gasteiger partial charge in [0, 0.05) is 19.5 Å². The SMILES string of the molecule is CSN1CC(C(C)C)CC(C(C)CC(C)=O)C(C(C)C)C1.